The maximum absolute atomic E-state index is 11.0. The lowest BCUT2D eigenvalue weighted by Crippen LogP contribution is -2.24. The molecule has 0 saturated carbocycles. The predicted molar refractivity (Wildman–Crippen MR) is 79.6 cm³/mol. The van der Waals surface area contributed by atoms with Gasteiger partial charge >= 0.3 is 0 Å². The summed E-state index contributed by atoms with van der Waals surface area (Å²) in [6, 6.07) is 5.68. The van der Waals surface area contributed by atoms with Crippen LogP contribution in [0.25, 0.3) is 10.8 Å². The Morgan fingerprint density at radius 3 is 2.81 bits per heavy atom. The van der Waals surface area contributed by atoms with E-state index in [4.69, 9.17) is 15.2 Å². The minimum atomic E-state index is -0.343. The number of carbonyl (C=O) groups excluding carboxylic acids is 1. The van der Waals surface area contributed by atoms with Crippen molar-refractivity contribution in [1.82, 2.24) is 4.98 Å². The van der Waals surface area contributed by atoms with Gasteiger partial charge < -0.3 is 20.5 Å². The molecule has 3 rings (SSSR count). The molecule has 0 radical (unpaired) electrons. The monoisotopic (exact) mass is 287 g/mol. The Hall–Kier alpha value is -2.50. The molecule has 21 heavy (non-hydrogen) atoms. The highest BCUT2D eigenvalue weighted by Crippen LogP contribution is 2.36. The fourth-order valence-corrected chi connectivity index (χ4v) is 2.41. The van der Waals surface area contributed by atoms with Crippen LogP contribution in [0.2, 0.25) is 0 Å². The van der Waals surface area contributed by atoms with Crippen molar-refractivity contribution in [1.29, 1.82) is 0 Å². The van der Waals surface area contributed by atoms with E-state index in [-0.39, 0.29) is 18.4 Å². The van der Waals surface area contributed by atoms with E-state index < -0.39 is 0 Å². The van der Waals surface area contributed by atoms with Crippen LogP contribution in [0.15, 0.2) is 24.4 Å². The molecular weight excluding hydrogens is 270 g/mol. The number of hydrogen-bond donors (Lipinski definition) is 2. The fourth-order valence-electron chi connectivity index (χ4n) is 2.41. The van der Waals surface area contributed by atoms with E-state index in [0.717, 1.165) is 16.5 Å². The van der Waals surface area contributed by atoms with Crippen LogP contribution in [0.5, 0.6) is 11.5 Å². The number of carbonyl (C=O) groups is 1. The molecule has 0 saturated heterocycles. The molecule has 1 aliphatic heterocycles. The highest BCUT2D eigenvalue weighted by Gasteiger charge is 2.15. The first-order valence-electron chi connectivity index (χ1n) is 6.86. The zero-order valence-electron chi connectivity index (χ0n) is 11.8. The smallest absolute Gasteiger partial charge is 0.219 e. The maximum Gasteiger partial charge on any atom is 0.219 e. The lowest BCUT2D eigenvalue weighted by atomic mass is 10.1. The van der Waals surface area contributed by atoms with Gasteiger partial charge in [-0.1, -0.05) is 0 Å². The van der Waals surface area contributed by atoms with Gasteiger partial charge in [0.2, 0.25) is 5.91 Å². The summed E-state index contributed by atoms with van der Waals surface area (Å²) in [4.78, 5) is 15.3. The number of nitrogens with zero attached hydrogens (tertiary/aromatic N) is 1. The van der Waals surface area contributed by atoms with Crippen molar-refractivity contribution in [2.45, 2.75) is 19.4 Å². The Kier molecular flexibility index (Phi) is 3.51. The Labute approximate surface area is 122 Å². The van der Waals surface area contributed by atoms with E-state index in [9.17, 15) is 4.79 Å². The van der Waals surface area contributed by atoms with Crippen LogP contribution in [-0.4, -0.2) is 30.1 Å². The quantitative estimate of drug-likeness (QED) is 0.893. The van der Waals surface area contributed by atoms with Gasteiger partial charge in [0.1, 0.15) is 19.0 Å². The number of ether oxygens (including phenoxy) is 2. The summed E-state index contributed by atoms with van der Waals surface area (Å²) in [6.07, 6.45) is 1.97. The largest absolute Gasteiger partial charge is 0.486 e. The Morgan fingerprint density at radius 1 is 1.38 bits per heavy atom. The third-order valence-electron chi connectivity index (χ3n) is 3.32. The summed E-state index contributed by atoms with van der Waals surface area (Å²) in [5.74, 6) is 1.83. The normalized spacial score (nSPS) is 14.7. The Balaban J connectivity index is 1.97. The zero-order valence-corrected chi connectivity index (χ0v) is 11.8. The highest BCUT2D eigenvalue weighted by atomic mass is 16.6. The fraction of sp³-hybridized carbons (Fsp3) is 0.333. The Bertz CT molecular complexity index is 687. The molecule has 1 amide bonds. The van der Waals surface area contributed by atoms with Gasteiger partial charge in [-0.2, -0.15) is 0 Å². The van der Waals surface area contributed by atoms with Crippen LogP contribution in [-0.2, 0) is 4.79 Å². The van der Waals surface area contributed by atoms with Crippen molar-refractivity contribution in [2.75, 3.05) is 18.5 Å². The van der Waals surface area contributed by atoms with Crippen LogP contribution in [0.4, 0.5) is 5.82 Å². The molecule has 0 spiro atoms. The molecule has 6 nitrogen and oxygen atoms in total. The number of amides is 1. The summed E-state index contributed by atoms with van der Waals surface area (Å²) < 4.78 is 11.2. The molecule has 0 bridgehead atoms. The molecule has 1 atom stereocenters. The average Bonchev–Trinajstić information content (AvgIpc) is 2.45. The molecule has 2 aromatic rings. The van der Waals surface area contributed by atoms with E-state index in [0.29, 0.717) is 24.8 Å². The predicted octanol–water partition coefficient (Wildman–Crippen LogP) is 1.68. The topological polar surface area (TPSA) is 86.5 Å². The van der Waals surface area contributed by atoms with Crippen LogP contribution < -0.4 is 20.5 Å². The molecule has 6 heteroatoms. The van der Waals surface area contributed by atoms with E-state index in [1.807, 2.05) is 25.1 Å². The number of anilines is 1. The van der Waals surface area contributed by atoms with Crippen molar-refractivity contribution < 1.29 is 14.3 Å². The minimum absolute atomic E-state index is 0.0891. The van der Waals surface area contributed by atoms with E-state index >= 15 is 0 Å². The number of rotatable bonds is 4. The SMILES string of the molecule is CC(CC(N)=O)Nc1nccc2cc3c(cc12)OCCO3. The van der Waals surface area contributed by atoms with Crippen molar-refractivity contribution >= 4 is 22.5 Å². The lowest BCUT2D eigenvalue weighted by Gasteiger charge is -2.20. The van der Waals surface area contributed by atoms with Crippen molar-refractivity contribution in [3.05, 3.63) is 24.4 Å². The van der Waals surface area contributed by atoms with Gasteiger partial charge in [-0.25, -0.2) is 4.98 Å². The number of aromatic nitrogens is 1. The molecule has 1 aromatic carbocycles. The van der Waals surface area contributed by atoms with E-state index in [2.05, 4.69) is 10.3 Å². The van der Waals surface area contributed by atoms with Crippen LogP contribution in [0.1, 0.15) is 13.3 Å². The van der Waals surface area contributed by atoms with Crippen LogP contribution in [0, 0.1) is 0 Å². The van der Waals surface area contributed by atoms with Gasteiger partial charge in [-0.15, -0.1) is 0 Å². The van der Waals surface area contributed by atoms with E-state index in [1.54, 1.807) is 6.20 Å². The summed E-state index contributed by atoms with van der Waals surface area (Å²) >= 11 is 0. The molecular formula is C15H17N3O3. The standard InChI is InChI=1S/C15H17N3O3/c1-9(6-14(16)19)18-15-11-8-13-12(20-4-5-21-13)7-10(11)2-3-17-15/h2-3,7-9H,4-6H2,1H3,(H2,16,19)(H,17,18). The highest BCUT2D eigenvalue weighted by molar-refractivity contribution is 5.94. The van der Waals surface area contributed by atoms with Crippen molar-refractivity contribution in [2.24, 2.45) is 5.73 Å². The van der Waals surface area contributed by atoms with Gasteiger partial charge in [-0.05, 0) is 30.5 Å². The maximum atomic E-state index is 11.0. The second-order valence-corrected chi connectivity index (χ2v) is 5.09. The number of fused-ring (bicyclic) bond motifs is 2. The summed E-state index contributed by atoms with van der Waals surface area (Å²) in [7, 11) is 0. The molecule has 0 aliphatic carbocycles. The average molecular weight is 287 g/mol. The second kappa shape index (κ2) is 5.47. The molecule has 0 fully saturated rings. The van der Waals surface area contributed by atoms with Crippen LogP contribution >= 0.6 is 0 Å². The first kappa shape index (κ1) is 13.5. The number of primary amides is 1. The number of hydrogen-bond acceptors (Lipinski definition) is 5. The third kappa shape index (κ3) is 2.84. The molecule has 2 heterocycles. The van der Waals surface area contributed by atoms with Gasteiger partial charge in [0.15, 0.2) is 11.5 Å². The molecule has 3 N–H and O–H groups in total. The number of pyridine rings is 1. The second-order valence-electron chi connectivity index (χ2n) is 5.09. The molecule has 110 valence electrons. The third-order valence-corrected chi connectivity index (χ3v) is 3.32. The van der Waals surface area contributed by atoms with Crippen molar-refractivity contribution in [3.8, 4) is 11.5 Å². The van der Waals surface area contributed by atoms with Gasteiger partial charge in [-0.3, -0.25) is 4.79 Å². The zero-order chi connectivity index (χ0) is 14.8. The first-order valence-corrected chi connectivity index (χ1v) is 6.86. The van der Waals surface area contributed by atoms with E-state index in [1.165, 1.54) is 0 Å². The molecule has 1 aromatic heterocycles. The number of nitrogens with two attached hydrogens (primary N) is 1. The Morgan fingerprint density at radius 2 is 2.10 bits per heavy atom. The lowest BCUT2D eigenvalue weighted by molar-refractivity contribution is -0.118. The molecule has 1 unspecified atom stereocenters. The van der Waals surface area contributed by atoms with Gasteiger partial charge in [0.25, 0.3) is 0 Å². The van der Waals surface area contributed by atoms with Gasteiger partial charge in [0, 0.05) is 24.0 Å². The number of nitrogens with one attached hydrogen (secondary N) is 1. The van der Waals surface area contributed by atoms with Gasteiger partial charge in [0.05, 0.1) is 0 Å². The number of benzene rings is 1. The summed E-state index contributed by atoms with van der Waals surface area (Å²) in [5, 5.41) is 5.15. The van der Waals surface area contributed by atoms with Crippen molar-refractivity contribution in [3.63, 3.8) is 0 Å². The van der Waals surface area contributed by atoms with Crippen LogP contribution in [0.3, 0.4) is 0 Å². The first-order chi connectivity index (χ1) is 10.1. The molecule has 1 aliphatic rings. The minimum Gasteiger partial charge on any atom is -0.486 e. The summed E-state index contributed by atoms with van der Waals surface area (Å²) in [6.45, 7) is 2.99. The summed E-state index contributed by atoms with van der Waals surface area (Å²) in [5.41, 5.74) is 5.21.